The summed E-state index contributed by atoms with van der Waals surface area (Å²) >= 11 is 12.0. The average molecular weight is 490 g/mol. The molecule has 0 bridgehead atoms. The molecule has 0 saturated heterocycles. The molecule has 2 aromatic heterocycles. The van der Waals surface area contributed by atoms with Crippen molar-refractivity contribution in [2.45, 2.75) is 51.3 Å². The minimum Gasteiger partial charge on any atom is -0.387 e. The van der Waals surface area contributed by atoms with E-state index in [1.54, 1.807) is 30.3 Å². The van der Waals surface area contributed by atoms with Gasteiger partial charge in [0.05, 0.1) is 23.4 Å². The van der Waals surface area contributed by atoms with E-state index in [0.717, 1.165) is 30.5 Å². The number of amides is 1. The number of rotatable bonds is 10. The van der Waals surface area contributed by atoms with Gasteiger partial charge in [-0.2, -0.15) is 5.10 Å². The molecule has 33 heavy (non-hydrogen) atoms. The number of hydrogen-bond acceptors (Lipinski definition) is 5. The summed E-state index contributed by atoms with van der Waals surface area (Å²) in [6.07, 6.45) is 4.17. The van der Waals surface area contributed by atoms with Crippen LogP contribution in [0.1, 0.15) is 58.2 Å². The van der Waals surface area contributed by atoms with Crippen molar-refractivity contribution in [2.75, 3.05) is 7.05 Å². The highest BCUT2D eigenvalue weighted by Gasteiger charge is 2.18. The highest BCUT2D eigenvalue weighted by atomic mass is 35.5. The van der Waals surface area contributed by atoms with Crippen LogP contribution < -0.4 is 5.73 Å². The topological polar surface area (TPSA) is 108 Å². The number of unbranched alkanes of at least 4 members (excludes halogenated alkanes) is 1. The number of benzene rings is 1. The number of aryl methyl sites for hydroxylation is 2. The Bertz CT molecular complexity index is 1050. The molecule has 4 N–H and O–H groups in total. The van der Waals surface area contributed by atoms with Crippen LogP contribution in [-0.2, 0) is 13.0 Å². The summed E-state index contributed by atoms with van der Waals surface area (Å²) in [7, 11) is 1.73. The van der Waals surface area contributed by atoms with E-state index < -0.39 is 6.10 Å². The number of nitrogens with two attached hydrogens (primary N) is 1. The summed E-state index contributed by atoms with van der Waals surface area (Å²) in [5.41, 5.74) is 10.0. The lowest BCUT2D eigenvalue weighted by molar-refractivity contribution is 0.0783. The Morgan fingerprint density at radius 2 is 1.91 bits per heavy atom. The van der Waals surface area contributed by atoms with E-state index in [1.165, 1.54) is 0 Å². The monoisotopic (exact) mass is 489 g/mol. The van der Waals surface area contributed by atoms with Crippen LogP contribution in [0.25, 0.3) is 0 Å². The van der Waals surface area contributed by atoms with Gasteiger partial charge in [0.15, 0.2) is 0 Å². The van der Waals surface area contributed by atoms with Gasteiger partial charge in [-0.25, -0.2) is 4.98 Å². The minimum absolute atomic E-state index is 0.0880. The zero-order chi connectivity index (χ0) is 24.0. The standard InChI is InChI=1S/C24H29Cl2N5O2/c1-15-22(26)20(30-29-15)14-31(2)24(33)17-9-7-16(8-10-17)5-3-4-6-19(27)23(32)18-11-12-21(25)28-13-18/h7-13,19,23,32H,3-6,14,27H2,1-2H3,(H,29,30). The van der Waals surface area contributed by atoms with Gasteiger partial charge in [0.25, 0.3) is 5.91 Å². The maximum Gasteiger partial charge on any atom is 0.253 e. The number of aliphatic hydroxyl groups excluding tert-OH is 1. The predicted octanol–water partition coefficient (Wildman–Crippen LogP) is 4.47. The molecular weight excluding hydrogens is 461 g/mol. The van der Waals surface area contributed by atoms with Gasteiger partial charge in [0.2, 0.25) is 0 Å². The van der Waals surface area contributed by atoms with E-state index >= 15 is 0 Å². The zero-order valence-corrected chi connectivity index (χ0v) is 20.3. The minimum atomic E-state index is -0.766. The molecule has 0 spiro atoms. The largest absolute Gasteiger partial charge is 0.387 e. The molecular formula is C24H29Cl2N5O2. The number of carbonyl (C=O) groups is 1. The lowest BCUT2D eigenvalue weighted by atomic mass is 9.98. The van der Waals surface area contributed by atoms with E-state index in [-0.39, 0.29) is 11.9 Å². The summed E-state index contributed by atoms with van der Waals surface area (Å²) in [6.45, 7) is 2.17. The van der Waals surface area contributed by atoms with Crippen molar-refractivity contribution in [3.8, 4) is 0 Å². The second kappa shape index (κ2) is 11.6. The van der Waals surface area contributed by atoms with E-state index in [4.69, 9.17) is 28.9 Å². The van der Waals surface area contributed by atoms with Crippen molar-refractivity contribution in [1.29, 1.82) is 0 Å². The highest BCUT2D eigenvalue weighted by Crippen LogP contribution is 2.21. The Morgan fingerprint density at radius 3 is 2.52 bits per heavy atom. The molecule has 2 atom stereocenters. The second-order valence-corrected chi connectivity index (χ2v) is 9.00. The van der Waals surface area contributed by atoms with Crippen molar-refractivity contribution in [1.82, 2.24) is 20.1 Å². The number of halogens is 2. The Kier molecular flexibility index (Phi) is 8.86. The Labute approximate surface area is 203 Å². The summed E-state index contributed by atoms with van der Waals surface area (Å²) in [5.74, 6) is -0.0880. The first-order valence-corrected chi connectivity index (χ1v) is 11.6. The van der Waals surface area contributed by atoms with Crippen molar-refractivity contribution in [3.63, 3.8) is 0 Å². The number of nitrogens with zero attached hydrogens (tertiary/aromatic N) is 3. The Morgan fingerprint density at radius 1 is 1.18 bits per heavy atom. The maximum atomic E-state index is 12.7. The van der Waals surface area contributed by atoms with Crippen molar-refractivity contribution in [3.05, 3.63) is 80.8 Å². The fraction of sp³-hybridized carbons (Fsp3) is 0.375. The van der Waals surface area contributed by atoms with Crippen LogP contribution in [-0.4, -0.2) is 44.2 Å². The molecule has 7 nitrogen and oxygen atoms in total. The van der Waals surface area contributed by atoms with Gasteiger partial charge < -0.3 is 15.7 Å². The lowest BCUT2D eigenvalue weighted by Gasteiger charge is -2.19. The van der Waals surface area contributed by atoms with Crippen LogP contribution >= 0.6 is 23.2 Å². The van der Waals surface area contributed by atoms with Crippen LogP contribution in [0.2, 0.25) is 10.2 Å². The molecule has 2 heterocycles. The van der Waals surface area contributed by atoms with Crippen LogP contribution in [0, 0.1) is 6.92 Å². The van der Waals surface area contributed by atoms with E-state index in [9.17, 15) is 9.90 Å². The normalized spacial score (nSPS) is 13.0. The first kappa shape index (κ1) is 25.2. The SMILES string of the molecule is Cc1[nH]nc(CN(C)C(=O)c2ccc(CCCCC(N)C(O)c3ccc(Cl)nc3)cc2)c1Cl. The number of H-pyrrole nitrogens is 1. The Balaban J connectivity index is 1.44. The second-order valence-electron chi connectivity index (χ2n) is 8.24. The summed E-state index contributed by atoms with van der Waals surface area (Å²) in [4.78, 5) is 18.3. The average Bonchev–Trinajstić information content (AvgIpc) is 3.13. The quantitative estimate of drug-likeness (QED) is 0.287. The Hall–Kier alpha value is -2.45. The molecule has 3 rings (SSSR count). The molecule has 0 radical (unpaired) electrons. The van der Waals surface area contributed by atoms with Gasteiger partial charge in [-0.05, 0) is 49.9 Å². The number of aromatic nitrogens is 3. The van der Waals surface area contributed by atoms with Gasteiger partial charge >= 0.3 is 0 Å². The van der Waals surface area contributed by atoms with E-state index in [2.05, 4.69) is 15.2 Å². The molecule has 1 aromatic carbocycles. The molecule has 0 aliphatic heterocycles. The maximum absolute atomic E-state index is 12.7. The number of nitrogens with one attached hydrogen (secondary N) is 1. The highest BCUT2D eigenvalue weighted by molar-refractivity contribution is 6.31. The smallest absolute Gasteiger partial charge is 0.253 e. The number of carbonyl (C=O) groups excluding carboxylic acids is 1. The van der Waals surface area contributed by atoms with Crippen LogP contribution in [0.4, 0.5) is 0 Å². The number of hydrogen-bond donors (Lipinski definition) is 3. The molecule has 0 aliphatic rings. The third-order valence-corrected chi connectivity index (χ3v) is 6.35. The van der Waals surface area contributed by atoms with Gasteiger partial charge in [-0.3, -0.25) is 9.89 Å². The molecule has 0 saturated carbocycles. The van der Waals surface area contributed by atoms with Gasteiger partial charge in [-0.15, -0.1) is 0 Å². The first-order chi connectivity index (χ1) is 15.8. The lowest BCUT2D eigenvalue weighted by Crippen LogP contribution is -2.28. The van der Waals surface area contributed by atoms with Crippen molar-refractivity contribution < 1.29 is 9.90 Å². The van der Waals surface area contributed by atoms with E-state index in [0.29, 0.717) is 40.0 Å². The first-order valence-electron chi connectivity index (χ1n) is 10.8. The van der Waals surface area contributed by atoms with Crippen LogP contribution in [0.15, 0.2) is 42.6 Å². The number of aromatic amines is 1. The zero-order valence-electron chi connectivity index (χ0n) is 18.8. The van der Waals surface area contributed by atoms with Crippen molar-refractivity contribution in [2.24, 2.45) is 5.73 Å². The summed E-state index contributed by atoms with van der Waals surface area (Å²) in [6, 6.07) is 10.7. The molecule has 3 aromatic rings. The van der Waals surface area contributed by atoms with Gasteiger partial charge in [0, 0.05) is 30.4 Å². The molecule has 176 valence electrons. The molecule has 0 fully saturated rings. The number of pyridine rings is 1. The predicted molar refractivity (Wildman–Crippen MR) is 130 cm³/mol. The molecule has 1 amide bonds. The summed E-state index contributed by atoms with van der Waals surface area (Å²) < 4.78 is 0. The molecule has 9 heteroatoms. The van der Waals surface area contributed by atoms with Crippen LogP contribution in [0.5, 0.6) is 0 Å². The summed E-state index contributed by atoms with van der Waals surface area (Å²) in [5, 5.41) is 18.3. The van der Waals surface area contributed by atoms with Crippen LogP contribution in [0.3, 0.4) is 0 Å². The van der Waals surface area contributed by atoms with E-state index in [1.807, 2.05) is 31.2 Å². The third-order valence-electron chi connectivity index (χ3n) is 5.63. The van der Waals surface area contributed by atoms with Crippen molar-refractivity contribution >= 4 is 29.1 Å². The fourth-order valence-electron chi connectivity index (χ4n) is 3.58. The van der Waals surface area contributed by atoms with Gasteiger partial charge in [-0.1, -0.05) is 47.8 Å². The molecule has 0 aliphatic carbocycles. The van der Waals surface area contributed by atoms with Gasteiger partial charge in [0.1, 0.15) is 10.8 Å². The fourth-order valence-corrected chi connectivity index (χ4v) is 3.83. The third kappa shape index (κ3) is 6.77. The number of aliphatic hydroxyl groups is 1. The molecule has 2 unspecified atom stereocenters.